The number of aromatic nitrogens is 3. The Labute approximate surface area is 198 Å². The van der Waals surface area contributed by atoms with Crippen LogP contribution in [0.5, 0.6) is 0 Å². The van der Waals surface area contributed by atoms with Crippen molar-refractivity contribution >= 4 is 35.0 Å². The molecule has 0 aliphatic heterocycles. The van der Waals surface area contributed by atoms with Gasteiger partial charge in [0.15, 0.2) is 5.16 Å². The van der Waals surface area contributed by atoms with Crippen LogP contribution in [0.25, 0.3) is 0 Å². The quantitative estimate of drug-likeness (QED) is 0.185. The minimum absolute atomic E-state index is 0.0367. The fourth-order valence-electron chi connectivity index (χ4n) is 2.95. The number of hydrogen-bond donors (Lipinski definition) is 2. The molecular weight excluding hydrogens is 463 g/mol. The van der Waals surface area contributed by atoms with Crippen molar-refractivity contribution in [2.24, 2.45) is 0 Å². The first-order valence-corrected chi connectivity index (χ1v) is 11.1. The smallest absolute Gasteiger partial charge is 0.269 e. The van der Waals surface area contributed by atoms with Gasteiger partial charge < -0.3 is 15.2 Å². The number of nitrogens with one attached hydrogen (secondary N) is 2. The first kappa shape index (κ1) is 24.6. The van der Waals surface area contributed by atoms with Crippen molar-refractivity contribution < 1.29 is 18.9 Å². The van der Waals surface area contributed by atoms with Gasteiger partial charge in [-0.05, 0) is 24.3 Å². The highest BCUT2D eigenvalue weighted by Gasteiger charge is 2.15. The van der Waals surface area contributed by atoms with E-state index in [1.807, 2.05) is 0 Å². The Morgan fingerprint density at radius 3 is 2.59 bits per heavy atom. The first-order valence-electron chi connectivity index (χ1n) is 10.1. The second-order valence-corrected chi connectivity index (χ2v) is 7.87. The number of nitro groups is 1. The largest absolute Gasteiger partial charge is 0.351 e. The molecule has 0 fully saturated rings. The van der Waals surface area contributed by atoms with E-state index >= 15 is 0 Å². The van der Waals surface area contributed by atoms with Gasteiger partial charge in [-0.15, -0.1) is 16.8 Å². The van der Waals surface area contributed by atoms with Gasteiger partial charge in [-0.3, -0.25) is 19.7 Å². The number of anilines is 1. The van der Waals surface area contributed by atoms with Crippen molar-refractivity contribution in [3.63, 3.8) is 0 Å². The van der Waals surface area contributed by atoms with Crippen molar-refractivity contribution in [1.82, 2.24) is 20.1 Å². The van der Waals surface area contributed by atoms with Crippen molar-refractivity contribution in [1.29, 1.82) is 0 Å². The van der Waals surface area contributed by atoms with Crippen LogP contribution in [0.2, 0.25) is 0 Å². The number of non-ortho nitro benzene ring substituents is 1. The maximum Gasteiger partial charge on any atom is 0.269 e. The van der Waals surface area contributed by atoms with E-state index in [1.165, 1.54) is 54.2 Å². The molecule has 2 amide bonds. The van der Waals surface area contributed by atoms with Gasteiger partial charge in [-0.25, -0.2) is 4.39 Å². The molecule has 3 aromatic rings. The molecule has 0 atom stereocenters. The maximum atomic E-state index is 13.7. The number of halogens is 1. The molecule has 0 unspecified atom stereocenters. The van der Waals surface area contributed by atoms with Crippen LogP contribution in [0.3, 0.4) is 0 Å². The number of amides is 2. The Balaban J connectivity index is 1.55. The van der Waals surface area contributed by atoms with Crippen molar-refractivity contribution in [2.45, 2.75) is 18.1 Å². The summed E-state index contributed by atoms with van der Waals surface area (Å²) in [5.41, 5.74) is 0.336. The van der Waals surface area contributed by atoms with E-state index < -0.39 is 16.6 Å². The predicted molar refractivity (Wildman–Crippen MR) is 125 cm³/mol. The minimum atomic E-state index is -0.597. The number of benzene rings is 2. The Bertz CT molecular complexity index is 1200. The van der Waals surface area contributed by atoms with E-state index in [-0.39, 0.29) is 29.5 Å². The first-order chi connectivity index (χ1) is 16.4. The van der Waals surface area contributed by atoms with E-state index in [0.29, 0.717) is 29.6 Å². The molecule has 34 heavy (non-hydrogen) atoms. The average molecular weight is 485 g/mol. The molecular formula is C22H21FN6O4S. The van der Waals surface area contributed by atoms with Gasteiger partial charge in [-0.1, -0.05) is 30.0 Å². The highest BCUT2D eigenvalue weighted by atomic mass is 32.2. The number of rotatable bonds is 11. The molecule has 0 radical (unpaired) electrons. The lowest BCUT2D eigenvalue weighted by Crippen LogP contribution is -2.27. The molecule has 0 spiro atoms. The van der Waals surface area contributed by atoms with Crippen LogP contribution in [-0.4, -0.2) is 43.8 Å². The molecule has 10 nitrogen and oxygen atoms in total. The topological polar surface area (TPSA) is 132 Å². The van der Waals surface area contributed by atoms with Gasteiger partial charge in [0.2, 0.25) is 5.91 Å². The van der Waals surface area contributed by atoms with E-state index in [2.05, 4.69) is 27.4 Å². The van der Waals surface area contributed by atoms with Crippen molar-refractivity contribution in [3.05, 3.63) is 88.5 Å². The third-order valence-corrected chi connectivity index (χ3v) is 5.52. The van der Waals surface area contributed by atoms with Crippen LogP contribution in [0.15, 0.2) is 66.3 Å². The third-order valence-electron chi connectivity index (χ3n) is 4.55. The average Bonchev–Trinajstić information content (AvgIpc) is 3.20. The summed E-state index contributed by atoms with van der Waals surface area (Å²) in [5.74, 6) is -0.820. The van der Waals surface area contributed by atoms with E-state index in [4.69, 9.17) is 0 Å². The summed E-state index contributed by atoms with van der Waals surface area (Å²) >= 11 is 1.17. The zero-order chi connectivity index (χ0) is 24.5. The van der Waals surface area contributed by atoms with Crippen LogP contribution < -0.4 is 10.6 Å². The summed E-state index contributed by atoms with van der Waals surface area (Å²) in [6.07, 6.45) is 2.00. The van der Waals surface area contributed by atoms with Gasteiger partial charge >= 0.3 is 0 Å². The highest BCUT2D eigenvalue weighted by molar-refractivity contribution is 7.99. The van der Waals surface area contributed by atoms with Gasteiger partial charge in [0.1, 0.15) is 11.6 Å². The molecule has 2 aromatic carbocycles. The van der Waals surface area contributed by atoms with Crippen LogP contribution in [0.1, 0.15) is 16.2 Å². The van der Waals surface area contributed by atoms with Gasteiger partial charge in [-0.2, -0.15) is 0 Å². The Hall–Kier alpha value is -4.06. The number of carbonyl (C=O) groups is 2. The highest BCUT2D eigenvalue weighted by Crippen LogP contribution is 2.19. The zero-order valence-corrected chi connectivity index (χ0v) is 18.8. The minimum Gasteiger partial charge on any atom is -0.351 e. The second kappa shape index (κ2) is 11.7. The lowest BCUT2D eigenvalue weighted by molar-refractivity contribution is -0.384. The summed E-state index contributed by atoms with van der Waals surface area (Å²) < 4.78 is 15.5. The lowest BCUT2D eigenvalue weighted by Gasteiger charge is -2.09. The molecule has 0 aliphatic rings. The normalized spacial score (nSPS) is 10.5. The second-order valence-electron chi connectivity index (χ2n) is 6.92. The molecule has 12 heteroatoms. The fourth-order valence-corrected chi connectivity index (χ4v) is 3.71. The Kier molecular flexibility index (Phi) is 8.46. The lowest BCUT2D eigenvalue weighted by atomic mass is 10.2. The number of hydrogen-bond acceptors (Lipinski definition) is 7. The zero-order valence-electron chi connectivity index (χ0n) is 17.9. The standard InChI is InChI=1S/C22H21FN6O4S/c1-2-13-28-19(11-12-24-21(31)17-5-3-4-6-18(17)23)26-27-22(28)34-14-20(30)25-15-7-9-16(10-8-15)29(32)33/h2-10H,1,11-14H2,(H,24,31)(H,25,30). The van der Waals surface area contributed by atoms with Crippen LogP contribution in [-0.2, 0) is 17.8 Å². The SMILES string of the molecule is C=CCn1c(CCNC(=O)c2ccccc2F)nnc1SCC(=O)Nc1ccc([N+](=O)[O-])cc1. The number of allylic oxidation sites excluding steroid dienone is 1. The summed E-state index contributed by atoms with van der Waals surface area (Å²) in [6.45, 7) is 4.34. The summed E-state index contributed by atoms with van der Waals surface area (Å²) in [6, 6.07) is 11.2. The summed E-state index contributed by atoms with van der Waals surface area (Å²) in [5, 5.41) is 24.8. The molecule has 0 aliphatic carbocycles. The molecule has 1 aromatic heterocycles. The molecule has 3 rings (SSSR count). The van der Waals surface area contributed by atoms with Gasteiger partial charge in [0.05, 0.1) is 16.2 Å². The van der Waals surface area contributed by atoms with E-state index in [9.17, 15) is 24.1 Å². The van der Waals surface area contributed by atoms with E-state index in [0.717, 1.165) is 0 Å². The van der Waals surface area contributed by atoms with E-state index in [1.54, 1.807) is 16.7 Å². The molecule has 2 N–H and O–H groups in total. The monoisotopic (exact) mass is 484 g/mol. The maximum absolute atomic E-state index is 13.7. The molecule has 0 bridgehead atoms. The van der Waals surface area contributed by atoms with Crippen molar-refractivity contribution in [2.75, 3.05) is 17.6 Å². The van der Waals surface area contributed by atoms with Crippen LogP contribution >= 0.6 is 11.8 Å². The number of nitrogens with zero attached hydrogens (tertiary/aromatic N) is 4. The fraction of sp³-hybridized carbons (Fsp3) is 0.182. The van der Waals surface area contributed by atoms with Gasteiger partial charge in [0, 0.05) is 37.3 Å². The van der Waals surface area contributed by atoms with Crippen LogP contribution in [0.4, 0.5) is 15.8 Å². The van der Waals surface area contributed by atoms with Gasteiger partial charge in [0.25, 0.3) is 11.6 Å². The molecule has 0 saturated carbocycles. The predicted octanol–water partition coefficient (Wildman–Crippen LogP) is 3.21. The number of nitro benzene ring substituents is 1. The van der Waals surface area contributed by atoms with Crippen LogP contribution in [0, 0.1) is 15.9 Å². The number of carbonyl (C=O) groups excluding carboxylic acids is 2. The third kappa shape index (κ3) is 6.48. The van der Waals surface area contributed by atoms with Crippen molar-refractivity contribution in [3.8, 4) is 0 Å². The summed E-state index contributed by atoms with van der Waals surface area (Å²) in [7, 11) is 0. The summed E-state index contributed by atoms with van der Waals surface area (Å²) in [4.78, 5) is 34.6. The molecule has 1 heterocycles. The molecule has 176 valence electrons. The number of thioether (sulfide) groups is 1. The molecule has 0 saturated heterocycles. The Morgan fingerprint density at radius 2 is 1.91 bits per heavy atom. The Morgan fingerprint density at radius 1 is 1.18 bits per heavy atom.